The van der Waals surface area contributed by atoms with Crippen molar-refractivity contribution in [3.8, 4) is 0 Å². The van der Waals surface area contributed by atoms with Crippen LogP contribution in [-0.2, 0) is 23.8 Å². The quantitative estimate of drug-likeness (QED) is 0.460. The molecule has 0 aliphatic heterocycles. The molecule has 0 amide bonds. The number of halogens is 2. The molecule has 0 spiro atoms. The van der Waals surface area contributed by atoms with E-state index in [4.69, 9.17) is 25.8 Å². The minimum atomic E-state index is -1.74. The van der Waals surface area contributed by atoms with Crippen molar-refractivity contribution in [1.29, 1.82) is 0 Å². The number of rotatable bonds is 4. The van der Waals surface area contributed by atoms with Crippen LogP contribution in [0.2, 0.25) is 0 Å². The highest BCUT2D eigenvalue weighted by molar-refractivity contribution is 6.17. The van der Waals surface area contributed by atoms with E-state index in [1.165, 1.54) is 12.2 Å². The summed E-state index contributed by atoms with van der Waals surface area (Å²) < 4.78 is 31.5. The lowest BCUT2D eigenvalue weighted by atomic mass is 9.46. The van der Waals surface area contributed by atoms with Crippen molar-refractivity contribution >= 4 is 29.5 Å². The van der Waals surface area contributed by atoms with Gasteiger partial charge in [0.15, 0.2) is 11.8 Å². The van der Waals surface area contributed by atoms with Crippen LogP contribution < -0.4 is 0 Å². The summed E-state index contributed by atoms with van der Waals surface area (Å²) in [6, 6.07) is -0.424. The number of fused-ring (bicyclic) bond motifs is 5. The summed E-state index contributed by atoms with van der Waals surface area (Å²) in [6.45, 7) is 7.14. The Balaban J connectivity index is 1.81. The third-order valence-electron chi connectivity index (χ3n) is 9.01. The number of ketones is 1. The highest BCUT2D eigenvalue weighted by Crippen LogP contribution is 2.69. The molecule has 0 bridgehead atoms. The molecule has 3 saturated carbocycles. The summed E-state index contributed by atoms with van der Waals surface area (Å²) >= 11 is 5.71. The first kappa shape index (κ1) is 25.2. The SMILES string of the molecule is CCOC(=O)O[C@]1(C(=O)OCCl)[C@H](C)C[C@H]2[C@@H]3C[C@H](F)C4=CC(=O)C=C[C@]4(C)[C@H]3[C@@H](O)C[C@@]21C. The number of aliphatic hydroxyl groups is 1. The second kappa shape index (κ2) is 8.63. The Bertz CT molecular complexity index is 950. The van der Waals surface area contributed by atoms with Crippen LogP contribution in [0.3, 0.4) is 0 Å². The maximum Gasteiger partial charge on any atom is 0.509 e. The van der Waals surface area contributed by atoms with Crippen LogP contribution in [0, 0.1) is 34.5 Å². The van der Waals surface area contributed by atoms with Crippen molar-refractivity contribution in [2.24, 2.45) is 34.5 Å². The van der Waals surface area contributed by atoms with Gasteiger partial charge in [-0.05, 0) is 55.7 Å². The lowest BCUT2D eigenvalue weighted by Crippen LogP contribution is -2.64. The van der Waals surface area contributed by atoms with Gasteiger partial charge in [0.25, 0.3) is 0 Å². The summed E-state index contributed by atoms with van der Waals surface area (Å²) in [7, 11) is 0. The fourth-order valence-electron chi connectivity index (χ4n) is 7.78. The average Bonchev–Trinajstić information content (AvgIpc) is 2.97. The van der Waals surface area contributed by atoms with Gasteiger partial charge < -0.3 is 19.3 Å². The number of carbonyl (C=O) groups excluding carboxylic acids is 3. The zero-order valence-electron chi connectivity index (χ0n) is 19.9. The first-order chi connectivity index (χ1) is 16.0. The smallest absolute Gasteiger partial charge is 0.446 e. The van der Waals surface area contributed by atoms with E-state index in [1.807, 2.05) is 6.92 Å². The van der Waals surface area contributed by atoms with Gasteiger partial charge in [-0.1, -0.05) is 38.4 Å². The maximum atomic E-state index is 15.5. The first-order valence-corrected chi connectivity index (χ1v) is 12.4. The molecule has 188 valence electrons. The monoisotopic (exact) mass is 498 g/mol. The largest absolute Gasteiger partial charge is 0.509 e. The van der Waals surface area contributed by atoms with Gasteiger partial charge in [0.2, 0.25) is 5.60 Å². The Morgan fingerprint density at radius 2 is 1.97 bits per heavy atom. The van der Waals surface area contributed by atoms with E-state index in [-0.39, 0.29) is 43.0 Å². The van der Waals surface area contributed by atoms with Crippen LogP contribution in [0.4, 0.5) is 9.18 Å². The molecule has 4 rings (SSSR count). The van der Waals surface area contributed by atoms with Crippen molar-refractivity contribution in [3.63, 3.8) is 0 Å². The maximum absolute atomic E-state index is 15.5. The molecule has 9 atom stereocenters. The van der Waals surface area contributed by atoms with E-state index in [2.05, 4.69) is 0 Å². The Kier molecular flexibility index (Phi) is 6.39. The molecule has 0 unspecified atom stereocenters. The molecule has 0 saturated heterocycles. The molecule has 0 radical (unpaired) electrons. The number of ether oxygens (including phenoxy) is 3. The minimum absolute atomic E-state index is 0.0589. The standard InChI is InChI=1S/C25H32ClFO7/c1-5-32-22(31)34-25(21(30)33-12-26)13(2)8-16-15-10-18(27)17-9-14(28)6-7-23(17,3)20(15)19(29)11-24(16,25)4/h6-7,9,13,15-16,18-20,29H,5,8,10-12H2,1-4H3/t13-,15+,16+,18+,19+,20-,23+,24+,25+/m1/s1. The lowest BCUT2D eigenvalue weighted by Gasteiger charge is -2.60. The van der Waals surface area contributed by atoms with Crippen molar-refractivity contribution < 1.29 is 38.1 Å². The van der Waals surface area contributed by atoms with E-state index in [0.717, 1.165) is 0 Å². The number of esters is 1. The summed E-state index contributed by atoms with van der Waals surface area (Å²) in [4.78, 5) is 37.9. The van der Waals surface area contributed by atoms with Crippen LogP contribution in [-0.4, -0.2) is 53.6 Å². The molecule has 0 aromatic carbocycles. The highest BCUT2D eigenvalue weighted by atomic mass is 35.5. The van der Waals surface area contributed by atoms with Crippen molar-refractivity contribution in [2.45, 2.75) is 64.8 Å². The normalized spacial score (nSPS) is 44.9. The van der Waals surface area contributed by atoms with Crippen molar-refractivity contribution in [1.82, 2.24) is 0 Å². The van der Waals surface area contributed by atoms with E-state index in [1.54, 1.807) is 26.8 Å². The van der Waals surface area contributed by atoms with Gasteiger partial charge in [-0.15, -0.1) is 0 Å². The minimum Gasteiger partial charge on any atom is -0.446 e. The van der Waals surface area contributed by atoms with Gasteiger partial charge in [-0.25, -0.2) is 14.0 Å². The predicted octanol–water partition coefficient (Wildman–Crippen LogP) is 4.11. The molecule has 9 heteroatoms. The summed E-state index contributed by atoms with van der Waals surface area (Å²) in [5, 5.41) is 11.5. The third kappa shape index (κ3) is 3.35. The van der Waals surface area contributed by atoms with Crippen LogP contribution in [0.5, 0.6) is 0 Å². The number of carbonyl (C=O) groups is 3. The van der Waals surface area contributed by atoms with Crippen LogP contribution in [0.1, 0.15) is 47.0 Å². The highest BCUT2D eigenvalue weighted by Gasteiger charge is 2.74. The lowest BCUT2D eigenvalue weighted by molar-refractivity contribution is -0.206. The summed E-state index contributed by atoms with van der Waals surface area (Å²) in [5.74, 6) is -2.47. The molecule has 0 aromatic rings. The molecule has 0 aromatic heterocycles. The molecule has 7 nitrogen and oxygen atoms in total. The van der Waals surface area contributed by atoms with E-state index in [0.29, 0.717) is 12.0 Å². The Morgan fingerprint density at radius 3 is 2.62 bits per heavy atom. The fraction of sp³-hybridized carbons (Fsp3) is 0.720. The van der Waals surface area contributed by atoms with Gasteiger partial charge in [0.05, 0.1) is 12.7 Å². The second-order valence-electron chi connectivity index (χ2n) is 10.5. The molecular weight excluding hydrogens is 467 g/mol. The zero-order chi connectivity index (χ0) is 25.1. The van der Waals surface area contributed by atoms with Gasteiger partial charge >= 0.3 is 12.1 Å². The Hall–Kier alpha value is -1.93. The summed E-state index contributed by atoms with van der Waals surface area (Å²) in [6.07, 6.45) is 1.89. The Morgan fingerprint density at radius 1 is 1.26 bits per heavy atom. The number of allylic oxidation sites excluding steroid dienone is 4. The van der Waals surface area contributed by atoms with Crippen molar-refractivity contribution in [3.05, 3.63) is 23.8 Å². The number of aliphatic hydroxyl groups excluding tert-OH is 1. The average molecular weight is 499 g/mol. The number of alkyl halides is 2. The molecule has 4 aliphatic rings. The summed E-state index contributed by atoms with van der Waals surface area (Å²) in [5.41, 5.74) is -3.23. The Labute approximate surface area is 203 Å². The first-order valence-electron chi connectivity index (χ1n) is 11.8. The molecule has 3 fully saturated rings. The van der Waals surface area contributed by atoms with Crippen LogP contribution in [0.25, 0.3) is 0 Å². The van der Waals surface area contributed by atoms with E-state index >= 15 is 4.39 Å². The van der Waals surface area contributed by atoms with Gasteiger partial charge in [0.1, 0.15) is 6.17 Å². The zero-order valence-corrected chi connectivity index (χ0v) is 20.6. The number of hydrogen-bond acceptors (Lipinski definition) is 7. The molecular formula is C25H32ClFO7. The van der Waals surface area contributed by atoms with E-state index < -0.39 is 52.8 Å². The van der Waals surface area contributed by atoms with E-state index in [9.17, 15) is 19.5 Å². The van der Waals surface area contributed by atoms with Gasteiger partial charge in [-0.2, -0.15) is 0 Å². The topological polar surface area (TPSA) is 99.1 Å². The predicted molar refractivity (Wildman–Crippen MR) is 120 cm³/mol. The van der Waals surface area contributed by atoms with Crippen LogP contribution in [0.15, 0.2) is 23.8 Å². The number of hydrogen-bond donors (Lipinski definition) is 1. The molecule has 4 aliphatic carbocycles. The fourth-order valence-corrected chi connectivity index (χ4v) is 7.88. The third-order valence-corrected chi connectivity index (χ3v) is 9.12. The van der Waals surface area contributed by atoms with Gasteiger partial charge in [0, 0.05) is 22.7 Å². The van der Waals surface area contributed by atoms with Gasteiger partial charge in [-0.3, -0.25) is 4.79 Å². The molecule has 34 heavy (non-hydrogen) atoms. The van der Waals surface area contributed by atoms with Crippen LogP contribution >= 0.6 is 11.6 Å². The second-order valence-corrected chi connectivity index (χ2v) is 10.7. The molecule has 0 heterocycles. The molecule has 1 N–H and O–H groups in total. The van der Waals surface area contributed by atoms with Crippen molar-refractivity contribution in [2.75, 3.05) is 12.7 Å².